The van der Waals surface area contributed by atoms with E-state index < -0.39 is 0 Å². The third-order valence-corrected chi connectivity index (χ3v) is 5.14. The van der Waals surface area contributed by atoms with Gasteiger partial charge in [-0.1, -0.05) is 48.6 Å². The summed E-state index contributed by atoms with van der Waals surface area (Å²) in [5.41, 5.74) is 2.73. The van der Waals surface area contributed by atoms with Crippen LogP contribution in [0, 0.1) is 5.92 Å². The Morgan fingerprint density at radius 3 is 2.71 bits per heavy atom. The number of methoxy groups -OCH3 is 1. The predicted molar refractivity (Wildman–Crippen MR) is 96.5 cm³/mol. The van der Waals surface area contributed by atoms with Crippen LogP contribution in [-0.2, 0) is 16.1 Å². The van der Waals surface area contributed by atoms with Gasteiger partial charge >= 0.3 is 5.97 Å². The second-order valence-corrected chi connectivity index (χ2v) is 6.84. The molecule has 3 rings (SSSR count). The molecule has 2 aliphatic carbocycles. The summed E-state index contributed by atoms with van der Waals surface area (Å²) in [5, 5.41) is 0. The molecule has 2 aliphatic rings. The van der Waals surface area contributed by atoms with E-state index in [-0.39, 0.29) is 11.9 Å². The highest BCUT2D eigenvalue weighted by Crippen LogP contribution is 2.32. The van der Waals surface area contributed by atoms with E-state index in [0.29, 0.717) is 6.04 Å². The summed E-state index contributed by atoms with van der Waals surface area (Å²) < 4.78 is 4.95. The van der Waals surface area contributed by atoms with Gasteiger partial charge in [0.1, 0.15) is 0 Å². The Kier molecular flexibility index (Phi) is 5.86. The lowest BCUT2D eigenvalue weighted by Gasteiger charge is -2.30. The summed E-state index contributed by atoms with van der Waals surface area (Å²) >= 11 is 0. The molecule has 3 heteroatoms. The number of ether oxygens (including phenoxy) is 1. The van der Waals surface area contributed by atoms with Crippen molar-refractivity contribution >= 4 is 5.97 Å². The molecule has 0 amide bonds. The van der Waals surface area contributed by atoms with Crippen LogP contribution in [0.15, 0.2) is 54.1 Å². The fourth-order valence-electron chi connectivity index (χ4n) is 3.82. The molecular weight excluding hydrogens is 298 g/mol. The SMILES string of the molecule is COC(=O)[C@@H]1CC[C@H](N(CC2=CCCC=C2)Cc2ccccc2)C1. The van der Waals surface area contributed by atoms with Crippen molar-refractivity contribution in [3.63, 3.8) is 0 Å². The molecule has 0 bridgehead atoms. The van der Waals surface area contributed by atoms with Crippen molar-refractivity contribution in [2.24, 2.45) is 5.92 Å². The molecule has 0 unspecified atom stereocenters. The number of rotatable bonds is 6. The number of esters is 1. The number of allylic oxidation sites excluding steroid dienone is 2. The van der Waals surface area contributed by atoms with E-state index in [9.17, 15) is 4.79 Å². The monoisotopic (exact) mass is 325 g/mol. The lowest BCUT2D eigenvalue weighted by molar-refractivity contribution is -0.145. The molecule has 0 spiro atoms. The second kappa shape index (κ2) is 8.29. The zero-order valence-electron chi connectivity index (χ0n) is 14.5. The van der Waals surface area contributed by atoms with E-state index in [1.807, 2.05) is 0 Å². The molecule has 0 aromatic heterocycles. The molecule has 1 saturated carbocycles. The van der Waals surface area contributed by atoms with Crippen LogP contribution in [0.5, 0.6) is 0 Å². The molecular formula is C21H27NO2. The number of carbonyl (C=O) groups is 1. The molecule has 24 heavy (non-hydrogen) atoms. The van der Waals surface area contributed by atoms with Gasteiger partial charge in [-0.2, -0.15) is 0 Å². The fourth-order valence-corrected chi connectivity index (χ4v) is 3.82. The van der Waals surface area contributed by atoms with Gasteiger partial charge in [-0.25, -0.2) is 0 Å². The van der Waals surface area contributed by atoms with Crippen LogP contribution >= 0.6 is 0 Å². The van der Waals surface area contributed by atoms with Crippen molar-refractivity contribution in [3.8, 4) is 0 Å². The lowest BCUT2D eigenvalue weighted by Crippen LogP contribution is -2.35. The first-order chi connectivity index (χ1) is 11.8. The molecule has 0 heterocycles. The van der Waals surface area contributed by atoms with E-state index in [1.165, 1.54) is 18.2 Å². The minimum atomic E-state index is -0.0473. The first-order valence-corrected chi connectivity index (χ1v) is 8.97. The van der Waals surface area contributed by atoms with E-state index in [4.69, 9.17) is 4.74 Å². The van der Waals surface area contributed by atoms with Crippen LogP contribution in [0.2, 0.25) is 0 Å². The van der Waals surface area contributed by atoms with E-state index in [0.717, 1.165) is 45.2 Å². The van der Waals surface area contributed by atoms with Gasteiger partial charge in [-0.15, -0.1) is 0 Å². The minimum absolute atomic E-state index is 0.0473. The first-order valence-electron chi connectivity index (χ1n) is 8.97. The molecule has 1 fully saturated rings. The van der Waals surface area contributed by atoms with Crippen molar-refractivity contribution < 1.29 is 9.53 Å². The zero-order chi connectivity index (χ0) is 16.8. The average Bonchev–Trinajstić information content (AvgIpc) is 3.12. The van der Waals surface area contributed by atoms with Gasteiger partial charge in [-0.3, -0.25) is 9.69 Å². The van der Waals surface area contributed by atoms with Gasteiger partial charge < -0.3 is 4.74 Å². The summed E-state index contributed by atoms with van der Waals surface area (Å²) in [5.74, 6) is 0.0167. The summed E-state index contributed by atoms with van der Waals surface area (Å²) in [7, 11) is 1.50. The van der Waals surface area contributed by atoms with Crippen LogP contribution in [0.1, 0.15) is 37.7 Å². The number of benzene rings is 1. The van der Waals surface area contributed by atoms with Crippen LogP contribution in [-0.4, -0.2) is 30.6 Å². The Morgan fingerprint density at radius 1 is 1.17 bits per heavy atom. The molecule has 1 aromatic carbocycles. The number of carbonyl (C=O) groups excluding carboxylic acids is 1. The Balaban J connectivity index is 1.70. The normalized spacial score (nSPS) is 23.3. The van der Waals surface area contributed by atoms with Crippen LogP contribution < -0.4 is 0 Å². The Morgan fingerprint density at radius 2 is 2.00 bits per heavy atom. The van der Waals surface area contributed by atoms with Crippen LogP contribution in [0.3, 0.4) is 0 Å². The maximum absolute atomic E-state index is 11.9. The van der Waals surface area contributed by atoms with Gasteiger partial charge in [0.25, 0.3) is 0 Å². The third kappa shape index (κ3) is 4.35. The zero-order valence-corrected chi connectivity index (χ0v) is 14.5. The summed E-state index contributed by atoms with van der Waals surface area (Å²) in [6, 6.07) is 11.1. The smallest absolute Gasteiger partial charge is 0.308 e. The van der Waals surface area contributed by atoms with Gasteiger partial charge in [0.2, 0.25) is 0 Å². The molecule has 0 saturated heterocycles. The molecule has 0 aliphatic heterocycles. The highest BCUT2D eigenvalue weighted by molar-refractivity contribution is 5.72. The summed E-state index contributed by atoms with van der Waals surface area (Å²) in [6.07, 6.45) is 12.1. The van der Waals surface area contributed by atoms with Crippen molar-refractivity contribution in [1.82, 2.24) is 4.90 Å². The summed E-state index contributed by atoms with van der Waals surface area (Å²) in [4.78, 5) is 14.4. The van der Waals surface area contributed by atoms with E-state index in [2.05, 4.69) is 53.5 Å². The number of hydrogen-bond acceptors (Lipinski definition) is 3. The first kappa shape index (κ1) is 17.0. The van der Waals surface area contributed by atoms with E-state index in [1.54, 1.807) is 0 Å². The topological polar surface area (TPSA) is 29.5 Å². The molecule has 3 nitrogen and oxygen atoms in total. The van der Waals surface area contributed by atoms with Gasteiger partial charge in [0.05, 0.1) is 13.0 Å². The fraction of sp³-hybridized carbons (Fsp3) is 0.476. The Bertz CT molecular complexity index is 606. The number of nitrogens with zero attached hydrogens (tertiary/aromatic N) is 1. The lowest BCUT2D eigenvalue weighted by atomic mass is 10.0. The Labute approximate surface area is 145 Å². The van der Waals surface area contributed by atoms with Gasteiger partial charge in [-0.05, 0) is 43.2 Å². The Hall–Kier alpha value is -1.87. The maximum Gasteiger partial charge on any atom is 0.308 e. The third-order valence-electron chi connectivity index (χ3n) is 5.14. The minimum Gasteiger partial charge on any atom is -0.469 e. The largest absolute Gasteiger partial charge is 0.469 e. The molecule has 128 valence electrons. The molecule has 0 radical (unpaired) electrons. The quantitative estimate of drug-likeness (QED) is 0.737. The van der Waals surface area contributed by atoms with Crippen LogP contribution in [0.4, 0.5) is 0 Å². The highest BCUT2D eigenvalue weighted by atomic mass is 16.5. The highest BCUT2D eigenvalue weighted by Gasteiger charge is 2.34. The van der Waals surface area contributed by atoms with Crippen molar-refractivity contribution in [2.45, 2.75) is 44.7 Å². The number of hydrogen-bond donors (Lipinski definition) is 0. The predicted octanol–water partition coefficient (Wildman–Crippen LogP) is 4.11. The maximum atomic E-state index is 11.9. The average molecular weight is 325 g/mol. The van der Waals surface area contributed by atoms with Crippen LogP contribution in [0.25, 0.3) is 0 Å². The standard InChI is InChI=1S/C21H27NO2/c1-24-21(23)19-12-13-20(14-19)22(15-17-8-4-2-5-9-17)16-18-10-6-3-7-11-18/h2,4-6,8-11,19-20H,3,7,12-16H2,1H3/t19-,20+/m1/s1. The van der Waals surface area contributed by atoms with Gasteiger partial charge in [0.15, 0.2) is 0 Å². The summed E-state index contributed by atoms with van der Waals surface area (Å²) in [6.45, 7) is 1.90. The molecule has 1 aromatic rings. The van der Waals surface area contributed by atoms with Crippen molar-refractivity contribution in [1.29, 1.82) is 0 Å². The van der Waals surface area contributed by atoms with E-state index >= 15 is 0 Å². The molecule has 0 N–H and O–H groups in total. The van der Waals surface area contributed by atoms with Crippen molar-refractivity contribution in [2.75, 3.05) is 13.7 Å². The second-order valence-electron chi connectivity index (χ2n) is 6.84. The van der Waals surface area contributed by atoms with Crippen molar-refractivity contribution in [3.05, 3.63) is 59.7 Å². The van der Waals surface area contributed by atoms with Gasteiger partial charge in [0, 0.05) is 19.1 Å². The molecule has 2 atom stereocenters.